The highest BCUT2D eigenvalue weighted by molar-refractivity contribution is 5.89. The number of hydrogen-bond acceptors (Lipinski definition) is 0. The quantitative estimate of drug-likeness (QED) is 0.412. The molecule has 2 aliphatic rings. The lowest BCUT2D eigenvalue weighted by Crippen LogP contribution is -2.24. The molecule has 154 valence electrons. The van der Waals surface area contributed by atoms with Crippen LogP contribution in [0.2, 0.25) is 0 Å². The predicted molar refractivity (Wildman–Crippen MR) is 133 cm³/mol. The van der Waals surface area contributed by atoms with Gasteiger partial charge in [0.15, 0.2) is 0 Å². The fourth-order valence-corrected chi connectivity index (χ4v) is 5.03. The average molecular weight is 403 g/mol. The minimum Gasteiger partial charge on any atom is -0.0742 e. The van der Waals surface area contributed by atoms with Crippen LogP contribution in [-0.4, -0.2) is 0 Å². The number of fused-ring (bicyclic) bond motifs is 2. The molecule has 0 heteroatoms. The molecular formula is C31H30. The van der Waals surface area contributed by atoms with Crippen molar-refractivity contribution in [1.82, 2.24) is 0 Å². The van der Waals surface area contributed by atoms with Crippen LogP contribution >= 0.6 is 0 Å². The first-order valence-electron chi connectivity index (χ1n) is 11.5. The fraction of sp³-hybridized carbons (Fsp3) is 0.226. The van der Waals surface area contributed by atoms with E-state index < -0.39 is 0 Å². The molecule has 3 aromatic carbocycles. The molecule has 0 spiro atoms. The maximum atomic E-state index is 2.50. The number of allylic oxidation sites excluding steroid dienone is 4. The molecule has 0 amide bonds. The lowest BCUT2D eigenvalue weighted by Gasteiger charge is -2.26. The van der Waals surface area contributed by atoms with E-state index in [9.17, 15) is 0 Å². The van der Waals surface area contributed by atoms with E-state index in [0.717, 1.165) is 0 Å². The first-order chi connectivity index (χ1) is 15.1. The third kappa shape index (κ3) is 4.08. The Morgan fingerprint density at radius 1 is 0.839 bits per heavy atom. The van der Waals surface area contributed by atoms with Crippen LogP contribution in [0.5, 0.6) is 0 Å². The highest BCUT2D eigenvalue weighted by Gasteiger charge is 2.24. The summed E-state index contributed by atoms with van der Waals surface area (Å²) in [5.74, 6) is 0. The van der Waals surface area contributed by atoms with E-state index in [-0.39, 0.29) is 5.41 Å². The number of benzene rings is 3. The minimum atomic E-state index is 0.144. The average Bonchev–Trinajstić information content (AvgIpc) is 3.13. The Labute approximate surface area is 186 Å². The number of hydrogen-bond donors (Lipinski definition) is 0. The van der Waals surface area contributed by atoms with Gasteiger partial charge < -0.3 is 0 Å². The molecule has 0 bridgehead atoms. The van der Waals surface area contributed by atoms with Crippen molar-refractivity contribution in [3.63, 3.8) is 0 Å². The Balaban J connectivity index is 1.37. The largest absolute Gasteiger partial charge is 0.0742 e. The molecule has 0 radical (unpaired) electrons. The predicted octanol–water partition coefficient (Wildman–Crippen LogP) is 6.52. The van der Waals surface area contributed by atoms with Gasteiger partial charge in [0.05, 0.1) is 0 Å². The van der Waals surface area contributed by atoms with Crippen LogP contribution in [0.25, 0.3) is 22.8 Å². The first-order valence-corrected chi connectivity index (χ1v) is 11.5. The summed E-state index contributed by atoms with van der Waals surface area (Å²) >= 11 is 0. The summed E-state index contributed by atoms with van der Waals surface area (Å²) in [7, 11) is 0. The van der Waals surface area contributed by atoms with Crippen molar-refractivity contribution in [3.05, 3.63) is 118 Å². The summed E-state index contributed by atoms with van der Waals surface area (Å²) in [5.41, 5.74) is 8.35. The van der Waals surface area contributed by atoms with E-state index in [2.05, 4.69) is 111 Å². The van der Waals surface area contributed by atoms with E-state index in [4.69, 9.17) is 0 Å². The van der Waals surface area contributed by atoms with Crippen LogP contribution in [0, 0.1) is 12.3 Å². The topological polar surface area (TPSA) is 0 Å². The lowest BCUT2D eigenvalue weighted by atomic mass is 9.78. The SMILES string of the molecule is Cc1cc2c(cc1-c1ccccc1)=C1C=CC(C)(CCCCc3ccccc3)C=C1C=2. The summed E-state index contributed by atoms with van der Waals surface area (Å²) in [5, 5.41) is 2.73. The Morgan fingerprint density at radius 3 is 2.35 bits per heavy atom. The molecule has 0 N–H and O–H groups in total. The van der Waals surface area contributed by atoms with Crippen molar-refractivity contribution in [2.75, 3.05) is 0 Å². The van der Waals surface area contributed by atoms with Gasteiger partial charge in [-0.2, -0.15) is 0 Å². The van der Waals surface area contributed by atoms with Crippen LogP contribution in [0.15, 0.2) is 96.6 Å². The van der Waals surface area contributed by atoms with Gasteiger partial charge in [-0.15, -0.1) is 0 Å². The van der Waals surface area contributed by atoms with Crippen LogP contribution in [-0.2, 0) is 6.42 Å². The Kier molecular flexibility index (Phi) is 5.24. The monoisotopic (exact) mass is 402 g/mol. The Morgan fingerprint density at radius 2 is 1.58 bits per heavy atom. The fourth-order valence-electron chi connectivity index (χ4n) is 5.03. The maximum Gasteiger partial charge on any atom is 0.00452 e. The van der Waals surface area contributed by atoms with Crippen LogP contribution in [0.4, 0.5) is 0 Å². The van der Waals surface area contributed by atoms with E-state index >= 15 is 0 Å². The molecule has 0 aliphatic heterocycles. The van der Waals surface area contributed by atoms with Gasteiger partial charge in [-0.1, -0.05) is 98.3 Å². The zero-order valence-corrected chi connectivity index (χ0v) is 18.6. The molecule has 1 unspecified atom stereocenters. The Bertz CT molecular complexity index is 1270. The molecule has 0 saturated heterocycles. The van der Waals surface area contributed by atoms with Gasteiger partial charge in [0.1, 0.15) is 0 Å². The van der Waals surface area contributed by atoms with Gasteiger partial charge in [0.25, 0.3) is 0 Å². The first kappa shape index (κ1) is 19.8. The van der Waals surface area contributed by atoms with Gasteiger partial charge in [0, 0.05) is 5.41 Å². The standard InChI is InChI=1S/C31H30/c1-23-19-26-20-27-22-31(2,17-10-9-13-24-11-5-3-6-12-24)18-16-28(27)30(26)21-29(23)25-14-7-4-8-15-25/h3-8,11-12,14-16,18-22H,9-10,13,17H2,1-2H3. The zero-order valence-electron chi connectivity index (χ0n) is 18.6. The molecular weight excluding hydrogens is 372 g/mol. The minimum absolute atomic E-state index is 0.144. The smallest absolute Gasteiger partial charge is 0.00452 e. The molecule has 5 rings (SSSR count). The van der Waals surface area contributed by atoms with Gasteiger partial charge in [0.2, 0.25) is 0 Å². The van der Waals surface area contributed by atoms with Crippen molar-refractivity contribution in [3.8, 4) is 11.1 Å². The van der Waals surface area contributed by atoms with Crippen molar-refractivity contribution in [1.29, 1.82) is 0 Å². The summed E-state index contributed by atoms with van der Waals surface area (Å²) in [4.78, 5) is 0. The third-order valence-electron chi connectivity index (χ3n) is 6.78. The normalized spacial score (nSPS) is 18.9. The van der Waals surface area contributed by atoms with Crippen molar-refractivity contribution in [2.24, 2.45) is 5.41 Å². The second-order valence-corrected chi connectivity index (χ2v) is 9.31. The van der Waals surface area contributed by atoms with Crippen LogP contribution < -0.4 is 10.4 Å². The summed E-state index contributed by atoms with van der Waals surface area (Å²) < 4.78 is 0. The summed E-state index contributed by atoms with van der Waals surface area (Å²) in [6.45, 7) is 4.61. The lowest BCUT2D eigenvalue weighted by molar-refractivity contribution is 0.465. The number of unbranched alkanes of at least 4 members (excludes halogenated alkanes) is 1. The molecule has 0 fully saturated rings. The number of aryl methyl sites for hydroxylation is 2. The molecule has 0 heterocycles. The van der Waals surface area contributed by atoms with Gasteiger partial charge in [-0.25, -0.2) is 0 Å². The van der Waals surface area contributed by atoms with E-state index in [0.29, 0.717) is 0 Å². The van der Waals surface area contributed by atoms with Crippen LogP contribution in [0.1, 0.15) is 37.3 Å². The molecule has 0 aromatic heterocycles. The molecule has 0 saturated carbocycles. The molecule has 2 aliphatic carbocycles. The summed E-state index contributed by atoms with van der Waals surface area (Å²) in [6, 6.07) is 26.3. The van der Waals surface area contributed by atoms with Gasteiger partial charge >= 0.3 is 0 Å². The van der Waals surface area contributed by atoms with Gasteiger partial charge in [-0.3, -0.25) is 0 Å². The van der Waals surface area contributed by atoms with Gasteiger partial charge in [-0.05, 0) is 82.2 Å². The third-order valence-corrected chi connectivity index (χ3v) is 6.78. The molecule has 0 nitrogen and oxygen atoms in total. The Hall–Kier alpha value is -3.12. The molecule has 1 atom stereocenters. The van der Waals surface area contributed by atoms with Crippen molar-refractivity contribution < 1.29 is 0 Å². The van der Waals surface area contributed by atoms with Crippen LogP contribution in [0.3, 0.4) is 0 Å². The second-order valence-electron chi connectivity index (χ2n) is 9.31. The zero-order chi connectivity index (χ0) is 21.3. The highest BCUT2D eigenvalue weighted by Crippen LogP contribution is 2.37. The van der Waals surface area contributed by atoms with Crippen molar-refractivity contribution in [2.45, 2.75) is 39.5 Å². The summed E-state index contributed by atoms with van der Waals surface area (Å²) in [6.07, 6.45) is 14.6. The highest BCUT2D eigenvalue weighted by atomic mass is 14.3. The number of rotatable bonds is 6. The van der Waals surface area contributed by atoms with Crippen molar-refractivity contribution >= 4 is 11.6 Å². The van der Waals surface area contributed by atoms with E-state index in [1.807, 2.05) is 0 Å². The molecule has 31 heavy (non-hydrogen) atoms. The van der Waals surface area contributed by atoms with E-state index in [1.54, 1.807) is 0 Å². The second kappa shape index (κ2) is 8.19. The maximum absolute atomic E-state index is 2.50. The van der Waals surface area contributed by atoms with E-state index in [1.165, 1.54) is 69.5 Å². The molecule has 3 aromatic rings.